The Bertz CT molecular complexity index is 894. The lowest BCUT2D eigenvalue weighted by Gasteiger charge is -2.32. The van der Waals surface area contributed by atoms with E-state index in [1.54, 1.807) is 6.07 Å². The van der Waals surface area contributed by atoms with E-state index in [-0.39, 0.29) is 23.6 Å². The molecular weight excluding hydrogens is 329 g/mol. The number of phenols is 1. The third-order valence-electron chi connectivity index (χ3n) is 5.12. The third-order valence-corrected chi connectivity index (χ3v) is 5.12. The van der Waals surface area contributed by atoms with Crippen LogP contribution < -0.4 is 5.32 Å². The Kier molecular flexibility index (Phi) is 4.87. The zero-order chi connectivity index (χ0) is 17.9. The summed E-state index contributed by atoms with van der Waals surface area (Å²) in [6.07, 6.45) is 0.931. The molecule has 2 atom stereocenters. The van der Waals surface area contributed by atoms with Crippen LogP contribution in [-0.4, -0.2) is 24.3 Å². The number of benzene rings is 3. The number of piperidine rings is 1. The van der Waals surface area contributed by atoms with Gasteiger partial charge in [0.1, 0.15) is 11.6 Å². The first-order chi connectivity index (χ1) is 12.7. The van der Waals surface area contributed by atoms with Crippen molar-refractivity contribution in [3.63, 3.8) is 0 Å². The number of halogens is 1. The van der Waals surface area contributed by atoms with Crippen LogP contribution in [0.5, 0.6) is 5.75 Å². The van der Waals surface area contributed by atoms with Crippen LogP contribution in [0.1, 0.15) is 23.5 Å². The van der Waals surface area contributed by atoms with Gasteiger partial charge in [0.05, 0.1) is 12.7 Å². The zero-order valence-corrected chi connectivity index (χ0v) is 14.5. The number of hydrogen-bond acceptors (Lipinski definition) is 3. The highest BCUT2D eigenvalue weighted by molar-refractivity contribution is 5.84. The van der Waals surface area contributed by atoms with Crippen molar-refractivity contribution >= 4 is 10.8 Å². The lowest BCUT2D eigenvalue weighted by atomic mass is 9.87. The van der Waals surface area contributed by atoms with Crippen molar-refractivity contribution in [1.82, 2.24) is 5.32 Å². The topological polar surface area (TPSA) is 41.5 Å². The van der Waals surface area contributed by atoms with E-state index in [0.717, 1.165) is 41.4 Å². The van der Waals surface area contributed by atoms with Crippen LogP contribution in [0.3, 0.4) is 0 Å². The molecule has 1 aliphatic heterocycles. The molecule has 3 aromatic carbocycles. The fourth-order valence-electron chi connectivity index (χ4n) is 3.68. The largest absolute Gasteiger partial charge is 0.508 e. The highest BCUT2D eigenvalue weighted by atomic mass is 19.1. The van der Waals surface area contributed by atoms with E-state index in [1.165, 1.54) is 12.1 Å². The normalized spacial score (nSPS) is 20.3. The Balaban J connectivity index is 1.52. The van der Waals surface area contributed by atoms with Crippen LogP contribution >= 0.6 is 0 Å². The quantitative estimate of drug-likeness (QED) is 0.734. The molecule has 0 saturated carbocycles. The number of nitrogens with one attached hydrogen (secondary N) is 1. The number of rotatable bonds is 4. The number of phenolic OH excluding ortho intramolecular Hbond substituents is 1. The Morgan fingerprint density at radius 3 is 2.54 bits per heavy atom. The average Bonchev–Trinajstić information content (AvgIpc) is 2.67. The summed E-state index contributed by atoms with van der Waals surface area (Å²) in [6, 6.07) is 18.4. The van der Waals surface area contributed by atoms with Gasteiger partial charge in [-0.2, -0.15) is 0 Å². The van der Waals surface area contributed by atoms with Crippen LogP contribution in [0.2, 0.25) is 0 Å². The molecule has 3 nitrogen and oxygen atoms in total. The molecule has 0 amide bonds. The summed E-state index contributed by atoms with van der Waals surface area (Å²) in [5, 5.41) is 15.8. The number of hydrogen-bond donors (Lipinski definition) is 2. The number of fused-ring (bicyclic) bond motifs is 1. The van der Waals surface area contributed by atoms with E-state index < -0.39 is 0 Å². The zero-order valence-electron chi connectivity index (χ0n) is 14.5. The van der Waals surface area contributed by atoms with E-state index in [1.807, 2.05) is 42.5 Å². The lowest BCUT2D eigenvalue weighted by molar-refractivity contribution is 0.00989. The second kappa shape index (κ2) is 7.44. The molecule has 0 radical (unpaired) electrons. The Morgan fingerprint density at radius 2 is 1.77 bits per heavy atom. The summed E-state index contributed by atoms with van der Waals surface area (Å²) >= 11 is 0. The summed E-state index contributed by atoms with van der Waals surface area (Å²) in [6.45, 7) is 2.01. The molecule has 26 heavy (non-hydrogen) atoms. The first-order valence-electron chi connectivity index (χ1n) is 8.99. The standard InChI is InChI=1S/C22H22FNO2/c23-19-7-5-15(6-8-19)20-9-10-24-13-22(20)26-14-18-11-16-3-1-2-4-17(16)12-21(18)25/h1-8,11-12,20,22,24-25H,9-10,13-14H2. The molecule has 3 aromatic rings. The Morgan fingerprint density at radius 1 is 1.04 bits per heavy atom. The predicted molar refractivity (Wildman–Crippen MR) is 101 cm³/mol. The van der Waals surface area contributed by atoms with E-state index in [2.05, 4.69) is 5.32 Å². The SMILES string of the molecule is Oc1cc2ccccc2cc1COC1CNCCC1c1ccc(F)cc1. The van der Waals surface area contributed by atoms with Gasteiger partial charge in [0, 0.05) is 18.0 Å². The highest BCUT2D eigenvalue weighted by Crippen LogP contribution is 2.30. The second-order valence-electron chi connectivity index (χ2n) is 6.83. The van der Waals surface area contributed by atoms with Gasteiger partial charge in [0.25, 0.3) is 0 Å². The van der Waals surface area contributed by atoms with Crippen molar-refractivity contribution in [2.45, 2.75) is 25.0 Å². The number of aromatic hydroxyl groups is 1. The van der Waals surface area contributed by atoms with Gasteiger partial charge in [-0.1, -0.05) is 36.4 Å². The highest BCUT2D eigenvalue weighted by Gasteiger charge is 2.27. The molecule has 2 N–H and O–H groups in total. The van der Waals surface area contributed by atoms with E-state index >= 15 is 0 Å². The summed E-state index contributed by atoms with van der Waals surface area (Å²) in [7, 11) is 0. The second-order valence-corrected chi connectivity index (χ2v) is 6.83. The van der Waals surface area contributed by atoms with E-state index in [0.29, 0.717) is 6.61 Å². The van der Waals surface area contributed by atoms with Gasteiger partial charge >= 0.3 is 0 Å². The smallest absolute Gasteiger partial charge is 0.123 e. The van der Waals surface area contributed by atoms with Crippen LogP contribution in [-0.2, 0) is 11.3 Å². The third kappa shape index (κ3) is 3.57. The Hall–Kier alpha value is -2.43. The molecule has 134 valence electrons. The van der Waals surface area contributed by atoms with Crippen LogP contribution in [0.4, 0.5) is 4.39 Å². The molecule has 0 aliphatic carbocycles. The van der Waals surface area contributed by atoms with Crippen LogP contribution in [0.25, 0.3) is 10.8 Å². The van der Waals surface area contributed by atoms with Crippen LogP contribution in [0, 0.1) is 5.82 Å². The minimum atomic E-state index is -0.221. The maximum absolute atomic E-state index is 13.2. The van der Waals surface area contributed by atoms with Gasteiger partial charge in [-0.05, 0) is 53.6 Å². The number of ether oxygens (including phenoxy) is 1. The van der Waals surface area contributed by atoms with Gasteiger partial charge in [0.2, 0.25) is 0 Å². The molecule has 4 rings (SSSR count). The van der Waals surface area contributed by atoms with Crippen molar-refractivity contribution in [3.8, 4) is 5.75 Å². The van der Waals surface area contributed by atoms with Crippen molar-refractivity contribution in [2.24, 2.45) is 0 Å². The molecule has 1 saturated heterocycles. The summed E-state index contributed by atoms with van der Waals surface area (Å²) in [4.78, 5) is 0. The molecule has 1 heterocycles. The summed E-state index contributed by atoms with van der Waals surface area (Å²) in [5.41, 5.74) is 1.88. The van der Waals surface area contributed by atoms with Crippen molar-refractivity contribution in [2.75, 3.05) is 13.1 Å². The minimum absolute atomic E-state index is 0.0138. The van der Waals surface area contributed by atoms with Gasteiger partial charge in [0.15, 0.2) is 0 Å². The molecule has 0 spiro atoms. The van der Waals surface area contributed by atoms with Gasteiger partial charge in [-0.15, -0.1) is 0 Å². The lowest BCUT2D eigenvalue weighted by Crippen LogP contribution is -2.40. The monoisotopic (exact) mass is 351 g/mol. The maximum Gasteiger partial charge on any atom is 0.123 e. The fourth-order valence-corrected chi connectivity index (χ4v) is 3.68. The molecule has 4 heteroatoms. The molecule has 0 aromatic heterocycles. The predicted octanol–water partition coefficient (Wildman–Crippen LogP) is 4.35. The fraction of sp³-hybridized carbons (Fsp3) is 0.273. The summed E-state index contributed by atoms with van der Waals surface area (Å²) in [5.74, 6) is 0.256. The van der Waals surface area contributed by atoms with Crippen molar-refractivity contribution < 1.29 is 14.2 Å². The maximum atomic E-state index is 13.2. The summed E-state index contributed by atoms with van der Waals surface area (Å²) < 4.78 is 19.4. The average molecular weight is 351 g/mol. The van der Waals surface area contributed by atoms with Gasteiger partial charge in [-0.25, -0.2) is 4.39 Å². The molecule has 1 fully saturated rings. The minimum Gasteiger partial charge on any atom is -0.508 e. The molecule has 1 aliphatic rings. The van der Waals surface area contributed by atoms with Crippen molar-refractivity contribution in [1.29, 1.82) is 0 Å². The first kappa shape index (κ1) is 17.0. The molecule has 2 unspecified atom stereocenters. The van der Waals surface area contributed by atoms with Gasteiger partial charge in [-0.3, -0.25) is 0 Å². The van der Waals surface area contributed by atoms with E-state index in [4.69, 9.17) is 4.74 Å². The van der Waals surface area contributed by atoms with Gasteiger partial charge < -0.3 is 15.2 Å². The van der Waals surface area contributed by atoms with Crippen molar-refractivity contribution in [3.05, 3.63) is 77.6 Å². The van der Waals surface area contributed by atoms with E-state index in [9.17, 15) is 9.50 Å². The molecular formula is C22H22FNO2. The van der Waals surface area contributed by atoms with Crippen LogP contribution in [0.15, 0.2) is 60.7 Å². The first-order valence-corrected chi connectivity index (χ1v) is 8.99. The molecule has 0 bridgehead atoms. The Labute approximate surface area is 152 Å².